The van der Waals surface area contributed by atoms with Gasteiger partial charge in [-0.1, -0.05) is 29.3 Å². The van der Waals surface area contributed by atoms with Crippen molar-refractivity contribution < 1.29 is 5.11 Å². The average Bonchev–Trinajstić information content (AvgIpc) is 2.31. The van der Waals surface area contributed by atoms with Crippen LogP contribution in [-0.2, 0) is 5.60 Å². The van der Waals surface area contributed by atoms with Gasteiger partial charge in [0.2, 0.25) is 0 Å². The van der Waals surface area contributed by atoms with Crippen molar-refractivity contribution in [2.75, 3.05) is 26.2 Å². The maximum Gasteiger partial charge on any atom is 0.0921 e. The van der Waals surface area contributed by atoms with Gasteiger partial charge in [0.05, 0.1) is 5.60 Å². The predicted molar refractivity (Wildman–Crippen MR) is 74.5 cm³/mol. The lowest BCUT2D eigenvalue weighted by atomic mass is 9.83. The van der Waals surface area contributed by atoms with E-state index in [1.807, 2.05) is 0 Å². The van der Waals surface area contributed by atoms with Gasteiger partial charge in [-0.3, -0.25) is 0 Å². The molecular weight excluding hydrogens is 224 g/mol. The molecule has 0 saturated carbocycles. The molecule has 0 aliphatic carbocycles. The molecule has 1 fully saturated rings. The highest BCUT2D eigenvalue weighted by Crippen LogP contribution is 2.33. The average molecular weight is 248 g/mol. The summed E-state index contributed by atoms with van der Waals surface area (Å²) in [5, 5.41) is 10.8. The molecule has 1 aliphatic rings. The van der Waals surface area contributed by atoms with E-state index >= 15 is 0 Å². The summed E-state index contributed by atoms with van der Waals surface area (Å²) in [6.07, 6.45) is 1.60. The van der Waals surface area contributed by atoms with Crippen molar-refractivity contribution in [3.8, 4) is 0 Å². The van der Waals surface area contributed by atoms with E-state index in [0.29, 0.717) is 6.54 Å². The second-order valence-electron chi connectivity index (χ2n) is 5.54. The van der Waals surface area contributed by atoms with Crippen molar-refractivity contribution in [3.05, 3.63) is 34.9 Å². The van der Waals surface area contributed by atoms with Gasteiger partial charge >= 0.3 is 0 Å². The van der Waals surface area contributed by atoms with Crippen molar-refractivity contribution in [1.29, 1.82) is 0 Å². The van der Waals surface area contributed by atoms with Crippen LogP contribution in [0.4, 0.5) is 0 Å². The minimum absolute atomic E-state index is 0.651. The zero-order valence-electron chi connectivity index (χ0n) is 11.4. The summed E-state index contributed by atoms with van der Waals surface area (Å²) >= 11 is 0. The SMILES string of the molecule is Cc1cc(C)cc(C2(O)CCN(CCN)CC2)c1. The molecule has 1 heterocycles. The van der Waals surface area contributed by atoms with Gasteiger partial charge in [0.15, 0.2) is 0 Å². The van der Waals surface area contributed by atoms with E-state index in [1.165, 1.54) is 11.1 Å². The Morgan fingerprint density at radius 2 is 1.72 bits per heavy atom. The largest absolute Gasteiger partial charge is 0.385 e. The summed E-state index contributed by atoms with van der Waals surface area (Å²) in [6, 6.07) is 6.38. The van der Waals surface area contributed by atoms with Gasteiger partial charge in [0.25, 0.3) is 0 Å². The Balaban J connectivity index is 2.13. The number of aryl methyl sites for hydroxylation is 2. The minimum atomic E-state index is -0.651. The topological polar surface area (TPSA) is 49.5 Å². The molecule has 1 aliphatic heterocycles. The van der Waals surface area contributed by atoms with Crippen molar-refractivity contribution in [2.45, 2.75) is 32.3 Å². The molecule has 0 unspecified atom stereocenters. The van der Waals surface area contributed by atoms with Gasteiger partial charge in [-0.15, -0.1) is 0 Å². The molecule has 1 saturated heterocycles. The number of piperidine rings is 1. The fourth-order valence-corrected chi connectivity index (χ4v) is 2.86. The van der Waals surface area contributed by atoms with E-state index < -0.39 is 5.60 Å². The van der Waals surface area contributed by atoms with Crippen LogP contribution >= 0.6 is 0 Å². The maximum absolute atomic E-state index is 10.8. The zero-order chi connectivity index (χ0) is 13.2. The van der Waals surface area contributed by atoms with Crippen LogP contribution in [0.1, 0.15) is 29.5 Å². The van der Waals surface area contributed by atoms with Crippen LogP contribution in [0, 0.1) is 13.8 Å². The molecule has 3 nitrogen and oxygen atoms in total. The molecule has 18 heavy (non-hydrogen) atoms. The molecular formula is C15H24N2O. The highest BCUT2D eigenvalue weighted by atomic mass is 16.3. The van der Waals surface area contributed by atoms with Crippen molar-refractivity contribution in [1.82, 2.24) is 4.90 Å². The fraction of sp³-hybridized carbons (Fsp3) is 0.600. The monoisotopic (exact) mass is 248 g/mol. The van der Waals surface area contributed by atoms with Crippen LogP contribution in [0.3, 0.4) is 0 Å². The summed E-state index contributed by atoms with van der Waals surface area (Å²) in [4.78, 5) is 2.33. The van der Waals surface area contributed by atoms with Crippen molar-refractivity contribution in [2.24, 2.45) is 5.73 Å². The van der Waals surface area contributed by atoms with Gasteiger partial charge in [-0.25, -0.2) is 0 Å². The third-order valence-electron chi connectivity index (χ3n) is 3.89. The molecule has 1 aromatic carbocycles. The molecule has 0 spiro atoms. The van der Waals surface area contributed by atoms with E-state index in [9.17, 15) is 5.11 Å². The Kier molecular flexibility index (Phi) is 4.05. The Morgan fingerprint density at radius 3 is 2.22 bits per heavy atom. The third kappa shape index (κ3) is 2.91. The minimum Gasteiger partial charge on any atom is -0.385 e. The first kappa shape index (κ1) is 13.5. The lowest BCUT2D eigenvalue weighted by Crippen LogP contribution is -2.44. The first-order chi connectivity index (χ1) is 8.53. The first-order valence-electron chi connectivity index (χ1n) is 6.77. The molecule has 3 N–H and O–H groups in total. The number of rotatable bonds is 3. The fourth-order valence-electron chi connectivity index (χ4n) is 2.86. The van der Waals surface area contributed by atoms with Crippen LogP contribution < -0.4 is 5.73 Å². The Labute approximate surface area is 110 Å². The second-order valence-corrected chi connectivity index (χ2v) is 5.54. The standard InChI is InChI=1S/C15H24N2O/c1-12-9-13(2)11-14(10-12)15(18)3-6-17(7-4-15)8-5-16/h9-11,18H,3-8,16H2,1-2H3. The summed E-state index contributed by atoms with van der Waals surface area (Å²) in [5.41, 5.74) is 8.45. The van der Waals surface area contributed by atoms with Crippen LogP contribution in [0.15, 0.2) is 18.2 Å². The van der Waals surface area contributed by atoms with Gasteiger partial charge < -0.3 is 15.7 Å². The Morgan fingerprint density at radius 1 is 1.17 bits per heavy atom. The highest BCUT2D eigenvalue weighted by Gasteiger charge is 2.33. The Hall–Kier alpha value is -0.900. The number of benzene rings is 1. The van der Waals surface area contributed by atoms with Crippen molar-refractivity contribution in [3.63, 3.8) is 0 Å². The van der Waals surface area contributed by atoms with Crippen LogP contribution in [0.5, 0.6) is 0 Å². The number of hydrogen-bond donors (Lipinski definition) is 2. The smallest absolute Gasteiger partial charge is 0.0921 e. The second kappa shape index (κ2) is 5.39. The van der Waals surface area contributed by atoms with Crippen LogP contribution in [0.25, 0.3) is 0 Å². The number of nitrogens with zero attached hydrogens (tertiary/aromatic N) is 1. The van der Waals surface area contributed by atoms with E-state index in [4.69, 9.17) is 5.73 Å². The molecule has 0 amide bonds. The van der Waals surface area contributed by atoms with Gasteiger partial charge in [-0.2, -0.15) is 0 Å². The van der Waals surface area contributed by atoms with E-state index in [2.05, 4.69) is 36.9 Å². The number of aliphatic hydroxyl groups is 1. The number of hydrogen-bond acceptors (Lipinski definition) is 3. The third-order valence-corrected chi connectivity index (χ3v) is 3.89. The zero-order valence-corrected chi connectivity index (χ0v) is 11.4. The lowest BCUT2D eigenvalue weighted by molar-refractivity contribution is -0.0252. The molecule has 0 atom stereocenters. The number of nitrogens with two attached hydrogens (primary N) is 1. The van der Waals surface area contributed by atoms with Crippen molar-refractivity contribution >= 4 is 0 Å². The highest BCUT2D eigenvalue weighted by molar-refractivity contribution is 5.32. The van der Waals surface area contributed by atoms with Gasteiger partial charge in [0, 0.05) is 26.2 Å². The van der Waals surface area contributed by atoms with Crippen LogP contribution in [0.2, 0.25) is 0 Å². The molecule has 0 aromatic heterocycles. The summed E-state index contributed by atoms with van der Waals surface area (Å²) in [5.74, 6) is 0. The molecule has 1 aromatic rings. The Bertz CT molecular complexity index is 389. The summed E-state index contributed by atoms with van der Waals surface area (Å²) in [7, 11) is 0. The van der Waals surface area contributed by atoms with E-state index in [-0.39, 0.29) is 0 Å². The predicted octanol–water partition coefficient (Wildman–Crippen LogP) is 1.55. The number of likely N-dealkylation sites (tertiary alicyclic amines) is 1. The van der Waals surface area contributed by atoms with E-state index in [0.717, 1.165) is 38.0 Å². The molecule has 0 bridgehead atoms. The quantitative estimate of drug-likeness (QED) is 0.853. The first-order valence-corrected chi connectivity index (χ1v) is 6.77. The summed E-state index contributed by atoms with van der Waals surface area (Å²) < 4.78 is 0. The maximum atomic E-state index is 10.8. The van der Waals surface area contributed by atoms with E-state index in [1.54, 1.807) is 0 Å². The molecule has 2 rings (SSSR count). The molecule has 3 heteroatoms. The normalized spacial score (nSPS) is 20.0. The van der Waals surface area contributed by atoms with Gasteiger partial charge in [0.1, 0.15) is 0 Å². The molecule has 0 radical (unpaired) electrons. The van der Waals surface area contributed by atoms with Gasteiger partial charge in [-0.05, 0) is 32.3 Å². The van der Waals surface area contributed by atoms with Crippen LogP contribution in [-0.4, -0.2) is 36.2 Å². The summed E-state index contributed by atoms with van der Waals surface area (Å²) in [6.45, 7) is 7.67. The molecule has 100 valence electrons. The lowest BCUT2D eigenvalue weighted by Gasteiger charge is -2.38.